The summed E-state index contributed by atoms with van der Waals surface area (Å²) < 4.78 is 5.39. The number of fused-ring (bicyclic) bond motifs is 1. The van der Waals surface area contributed by atoms with Crippen LogP contribution in [0.5, 0.6) is 0 Å². The Morgan fingerprint density at radius 3 is 2.45 bits per heavy atom. The monoisotopic (exact) mass is 404 g/mol. The number of nitrogens with one attached hydrogen (secondary N) is 4. The second-order valence-electron chi connectivity index (χ2n) is 9.11. The number of ether oxygens (including phenoxy) is 1. The van der Waals surface area contributed by atoms with Crippen molar-refractivity contribution in [3.05, 3.63) is 33.9 Å². The van der Waals surface area contributed by atoms with Crippen LogP contribution < -0.4 is 16.2 Å². The molecule has 1 saturated carbocycles. The minimum Gasteiger partial charge on any atom is -0.444 e. The van der Waals surface area contributed by atoms with Crippen LogP contribution in [0.25, 0.3) is 10.9 Å². The molecule has 5 N–H and O–H groups in total. The molecule has 0 spiro atoms. The Morgan fingerprint density at radius 2 is 1.79 bits per heavy atom. The van der Waals surface area contributed by atoms with E-state index < -0.39 is 17.4 Å². The van der Waals surface area contributed by atoms with Gasteiger partial charge >= 0.3 is 6.09 Å². The zero-order valence-electron chi connectivity index (χ0n) is 17.8. The summed E-state index contributed by atoms with van der Waals surface area (Å²) in [7, 11) is 0. The van der Waals surface area contributed by atoms with Gasteiger partial charge in [-0.25, -0.2) is 4.79 Å². The molecule has 3 unspecified atom stereocenters. The van der Waals surface area contributed by atoms with Crippen LogP contribution in [0.1, 0.15) is 64.5 Å². The molecule has 1 amide bonds. The molecule has 0 bridgehead atoms. The molecule has 3 atom stereocenters. The van der Waals surface area contributed by atoms with E-state index in [0.29, 0.717) is 16.5 Å². The molecule has 0 radical (unpaired) electrons. The fraction of sp³-hybridized carbons (Fsp3) is 0.619. The van der Waals surface area contributed by atoms with Gasteiger partial charge in [-0.2, -0.15) is 0 Å². The highest BCUT2D eigenvalue weighted by atomic mass is 16.6. The van der Waals surface area contributed by atoms with Crippen LogP contribution in [0.15, 0.2) is 17.2 Å². The molecule has 3 rings (SSSR count). The maximum absolute atomic E-state index is 12.4. The van der Waals surface area contributed by atoms with Crippen molar-refractivity contribution in [3.8, 4) is 0 Å². The first-order chi connectivity index (χ1) is 13.5. The lowest BCUT2D eigenvalue weighted by Crippen LogP contribution is -2.57. The van der Waals surface area contributed by atoms with Crippen LogP contribution in [0, 0.1) is 6.92 Å². The summed E-state index contributed by atoms with van der Waals surface area (Å²) in [4.78, 5) is 30.5. The van der Waals surface area contributed by atoms with Crippen molar-refractivity contribution in [3.63, 3.8) is 0 Å². The molecule has 29 heavy (non-hydrogen) atoms. The molecule has 8 nitrogen and oxygen atoms in total. The molecule has 2 aromatic heterocycles. The van der Waals surface area contributed by atoms with Gasteiger partial charge in [-0.15, -0.1) is 0 Å². The number of alkyl carbamates (subject to hydrolysis) is 1. The average Bonchev–Trinajstić information content (AvgIpc) is 3.05. The summed E-state index contributed by atoms with van der Waals surface area (Å²) >= 11 is 0. The number of aliphatic hydroxyl groups is 1. The second kappa shape index (κ2) is 7.84. The Labute approximate surface area is 170 Å². The maximum Gasteiger partial charge on any atom is 0.407 e. The van der Waals surface area contributed by atoms with E-state index in [4.69, 9.17) is 4.74 Å². The summed E-state index contributed by atoms with van der Waals surface area (Å²) in [6.45, 7) is 9.00. The van der Waals surface area contributed by atoms with Crippen molar-refractivity contribution in [2.45, 2.75) is 83.7 Å². The first-order valence-electron chi connectivity index (χ1n) is 10.2. The van der Waals surface area contributed by atoms with Gasteiger partial charge in [-0.1, -0.05) is 12.8 Å². The molecule has 0 saturated heterocycles. The molecule has 1 fully saturated rings. The molecule has 1 aliphatic rings. The second-order valence-corrected chi connectivity index (χ2v) is 9.11. The Kier molecular flexibility index (Phi) is 5.78. The topological polar surface area (TPSA) is 119 Å². The van der Waals surface area contributed by atoms with Gasteiger partial charge in [0.05, 0.1) is 10.9 Å². The number of aromatic nitrogens is 2. The Balaban J connectivity index is 1.82. The number of hydrogen-bond donors (Lipinski definition) is 5. The van der Waals surface area contributed by atoms with E-state index in [1.807, 2.05) is 27.7 Å². The Morgan fingerprint density at radius 1 is 1.14 bits per heavy atom. The maximum atomic E-state index is 12.4. The van der Waals surface area contributed by atoms with Gasteiger partial charge in [0.2, 0.25) is 0 Å². The fourth-order valence-electron chi connectivity index (χ4n) is 4.05. The summed E-state index contributed by atoms with van der Waals surface area (Å²) in [5.74, 6) is 0. The number of rotatable bonds is 4. The van der Waals surface area contributed by atoms with Crippen molar-refractivity contribution in [2.75, 3.05) is 0 Å². The molecule has 0 aliphatic heterocycles. The predicted octanol–water partition coefficient (Wildman–Crippen LogP) is 2.76. The SMILES string of the molecule is Cc1c[nH]c(=O)c2c(C(C)(O)NC3CCCCC3NC(=O)OC(C)(C)C)c[nH]c12. The number of carbonyl (C=O) groups is 1. The average molecular weight is 405 g/mol. The van der Waals surface area contributed by atoms with Gasteiger partial charge in [-0.3, -0.25) is 10.1 Å². The lowest BCUT2D eigenvalue weighted by Gasteiger charge is -2.38. The standard InChI is InChI=1S/C21H32N4O4/c1-12-10-23-18(26)16-13(11-22-17(12)16)21(5,28)25-15-9-7-6-8-14(15)24-19(27)29-20(2,3)4/h10-11,14-15,22,25,28H,6-9H2,1-5H3,(H,23,26)(H,24,27). The van der Waals surface area contributed by atoms with E-state index in [1.54, 1.807) is 19.3 Å². The zero-order chi connectivity index (χ0) is 21.4. The largest absolute Gasteiger partial charge is 0.444 e. The fourth-order valence-corrected chi connectivity index (χ4v) is 4.05. The van der Waals surface area contributed by atoms with E-state index >= 15 is 0 Å². The van der Waals surface area contributed by atoms with Crippen LogP contribution in [-0.4, -0.2) is 38.9 Å². The highest BCUT2D eigenvalue weighted by molar-refractivity contribution is 5.85. The molecule has 160 valence electrons. The van der Waals surface area contributed by atoms with E-state index in [-0.39, 0.29) is 17.6 Å². The van der Waals surface area contributed by atoms with Crippen LogP contribution in [-0.2, 0) is 10.5 Å². The lowest BCUT2D eigenvalue weighted by molar-refractivity contribution is -0.00323. The van der Waals surface area contributed by atoms with Crippen molar-refractivity contribution in [1.82, 2.24) is 20.6 Å². The van der Waals surface area contributed by atoms with Gasteiger partial charge in [0.25, 0.3) is 5.56 Å². The number of aromatic amines is 2. The van der Waals surface area contributed by atoms with Crippen LogP contribution in [0.3, 0.4) is 0 Å². The highest BCUT2D eigenvalue weighted by Crippen LogP contribution is 2.29. The zero-order valence-corrected chi connectivity index (χ0v) is 17.8. The third-order valence-electron chi connectivity index (χ3n) is 5.38. The molecule has 1 aliphatic carbocycles. The minimum absolute atomic E-state index is 0.153. The van der Waals surface area contributed by atoms with Crippen molar-refractivity contribution >= 4 is 17.0 Å². The van der Waals surface area contributed by atoms with E-state index in [9.17, 15) is 14.7 Å². The summed E-state index contributed by atoms with van der Waals surface area (Å²) in [5, 5.41) is 17.9. The lowest BCUT2D eigenvalue weighted by atomic mass is 9.88. The predicted molar refractivity (Wildman–Crippen MR) is 112 cm³/mol. The smallest absolute Gasteiger partial charge is 0.407 e. The molecule has 8 heteroatoms. The molecular weight excluding hydrogens is 372 g/mol. The van der Waals surface area contributed by atoms with Crippen molar-refractivity contribution in [2.24, 2.45) is 0 Å². The Hall–Kier alpha value is -2.32. The summed E-state index contributed by atoms with van der Waals surface area (Å²) in [6.07, 6.45) is 6.43. The third kappa shape index (κ3) is 4.82. The van der Waals surface area contributed by atoms with Crippen LogP contribution in [0.4, 0.5) is 4.79 Å². The molecular formula is C21H32N4O4. The van der Waals surface area contributed by atoms with E-state index in [2.05, 4.69) is 20.6 Å². The molecule has 2 aromatic rings. The van der Waals surface area contributed by atoms with E-state index in [1.165, 1.54) is 0 Å². The van der Waals surface area contributed by atoms with Gasteiger partial charge in [-0.05, 0) is 53.0 Å². The summed E-state index contributed by atoms with van der Waals surface area (Å²) in [5.41, 5.74) is -0.193. The number of pyridine rings is 1. The summed E-state index contributed by atoms with van der Waals surface area (Å²) in [6, 6.07) is -0.324. The molecule has 0 aromatic carbocycles. The van der Waals surface area contributed by atoms with Crippen molar-refractivity contribution < 1.29 is 14.6 Å². The van der Waals surface area contributed by atoms with Crippen LogP contribution >= 0.6 is 0 Å². The van der Waals surface area contributed by atoms with Crippen LogP contribution in [0.2, 0.25) is 0 Å². The quantitative estimate of drug-likeness (QED) is 0.502. The van der Waals surface area contributed by atoms with Crippen molar-refractivity contribution in [1.29, 1.82) is 0 Å². The van der Waals surface area contributed by atoms with Gasteiger partial charge in [0.1, 0.15) is 11.3 Å². The normalized spacial score (nSPS) is 22.3. The first kappa shape index (κ1) is 21.4. The highest BCUT2D eigenvalue weighted by Gasteiger charge is 2.35. The number of H-pyrrole nitrogens is 2. The minimum atomic E-state index is -1.45. The number of hydrogen-bond acceptors (Lipinski definition) is 5. The van der Waals surface area contributed by atoms with E-state index in [0.717, 1.165) is 31.2 Å². The first-order valence-corrected chi connectivity index (χ1v) is 10.2. The van der Waals surface area contributed by atoms with Gasteiger partial charge in [0, 0.05) is 30.0 Å². The number of amides is 1. The van der Waals surface area contributed by atoms with Gasteiger partial charge in [0.15, 0.2) is 0 Å². The molecule has 2 heterocycles. The van der Waals surface area contributed by atoms with Gasteiger partial charge < -0.3 is 25.1 Å². The number of carbonyl (C=O) groups excluding carboxylic acids is 1. The third-order valence-corrected chi connectivity index (χ3v) is 5.38. The Bertz CT molecular complexity index is 938. The number of aryl methyl sites for hydroxylation is 1.